The topological polar surface area (TPSA) is 86.1 Å². The summed E-state index contributed by atoms with van der Waals surface area (Å²) in [6, 6.07) is 3.41. The van der Waals surface area contributed by atoms with E-state index in [9.17, 15) is 21.6 Å². The molecule has 0 aliphatic heterocycles. The van der Waals surface area contributed by atoms with Crippen LogP contribution < -0.4 is 10.1 Å². The minimum Gasteiger partial charge on any atom is -0.494 e. The maximum Gasteiger partial charge on any atom is 0.285 e. The Morgan fingerprint density at radius 1 is 1.25 bits per heavy atom. The molecule has 11 heteroatoms. The van der Waals surface area contributed by atoms with Crippen molar-refractivity contribution in [2.45, 2.75) is 11.6 Å². The summed E-state index contributed by atoms with van der Waals surface area (Å²) in [5.41, 5.74) is -0.903. The minimum atomic E-state index is -4.51. The molecule has 0 radical (unpaired) electrons. The van der Waals surface area contributed by atoms with Gasteiger partial charge >= 0.3 is 0 Å². The Morgan fingerprint density at radius 3 is 2.64 bits per heavy atom. The van der Waals surface area contributed by atoms with Gasteiger partial charge in [0.05, 0.1) is 18.9 Å². The molecule has 3 aromatic heterocycles. The van der Waals surface area contributed by atoms with E-state index in [0.717, 1.165) is 25.6 Å². The first-order chi connectivity index (χ1) is 13.3. The number of nitrogens with zero attached hydrogens (tertiary/aromatic N) is 3. The number of hydrogen-bond donors (Lipinski definition) is 1. The molecule has 0 saturated carbocycles. The Kier molecular flexibility index (Phi) is 5.38. The summed E-state index contributed by atoms with van der Waals surface area (Å²) in [6.07, 6.45) is 2.84. The molecule has 148 valence electrons. The van der Waals surface area contributed by atoms with E-state index in [0.29, 0.717) is 10.2 Å². The summed E-state index contributed by atoms with van der Waals surface area (Å²) in [7, 11) is -1.81. The molecule has 0 atom stereocenters. The number of rotatable bonds is 6. The van der Waals surface area contributed by atoms with Gasteiger partial charge in [0.15, 0.2) is 22.4 Å². The molecular formula is C17H15F3N4O3S. The zero-order valence-corrected chi connectivity index (χ0v) is 15.6. The number of hydrogen-bond acceptors (Lipinski definition) is 6. The van der Waals surface area contributed by atoms with E-state index in [1.807, 2.05) is 0 Å². The quantitative estimate of drug-likeness (QED) is 0.626. The second kappa shape index (κ2) is 7.60. The Balaban J connectivity index is 2.29. The van der Waals surface area contributed by atoms with Gasteiger partial charge in [0.2, 0.25) is 5.95 Å². The highest BCUT2D eigenvalue weighted by Crippen LogP contribution is 2.32. The predicted molar refractivity (Wildman–Crippen MR) is 93.7 cm³/mol. The van der Waals surface area contributed by atoms with Crippen molar-refractivity contribution in [1.29, 1.82) is 0 Å². The number of aromatic nitrogens is 3. The fourth-order valence-electron chi connectivity index (χ4n) is 2.62. The van der Waals surface area contributed by atoms with Crippen LogP contribution in [0.3, 0.4) is 0 Å². The van der Waals surface area contributed by atoms with Crippen LogP contribution in [0.2, 0.25) is 0 Å². The third-order valence-corrected chi connectivity index (χ3v) is 5.46. The molecule has 0 spiro atoms. The summed E-state index contributed by atoms with van der Waals surface area (Å²) in [6.45, 7) is -0.0105. The maximum atomic E-state index is 15.0. The zero-order chi connectivity index (χ0) is 20.5. The van der Waals surface area contributed by atoms with Gasteiger partial charge in [0.1, 0.15) is 5.69 Å². The van der Waals surface area contributed by atoms with Crippen LogP contribution in [0.5, 0.6) is 5.75 Å². The van der Waals surface area contributed by atoms with E-state index in [-0.39, 0.29) is 23.4 Å². The number of ether oxygens (including phenoxy) is 1. The molecule has 28 heavy (non-hydrogen) atoms. The lowest BCUT2D eigenvalue weighted by Crippen LogP contribution is -2.16. The van der Waals surface area contributed by atoms with Gasteiger partial charge in [-0.25, -0.2) is 22.7 Å². The van der Waals surface area contributed by atoms with Crippen LogP contribution in [0.4, 0.5) is 13.2 Å². The van der Waals surface area contributed by atoms with Gasteiger partial charge in [-0.15, -0.1) is 0 Å². The number of methoxy groups -OCH3 is 1. The number of halogens is 3. The van der Waals surface area contributed by atoms with Gasteiger partial charge < -0.3 is 10.1 Å². The lowest BCUT2D eigenvalue weighted by atomic mass is 10.2. The molecule has 7 nitrogen and oxygen atoms in total. The SMILES string of the molecule is CNCc1cn(S(=O)(=O)c2cc(OC)c(F)cn2)c(-c2cccnc2F)c1F. The molecular weight excluding hydrogens is 397 g/mol. The van der Waals surface area contributed by atoms with Crippen molar-refractivity contribution in [3.63, 3.8) is 0 Å². The number of nitrogens with one attached hydrogen (secondary N) is 1. The van der Waals surface area contributed by atoms with Gasteiger partial charge in [-0.1, -0.05) is 0 Å². The van der Waals surface area contributed by atoms with Crippen LogP contribution in [-0.2, 0) is 16.6 Å². The second-order valence-corrected chi connectivity index (χ2v) is 7.41. The van der Waals surface area contributed by atoms with Crippen LogP contribution in [0, 0.1) is 17.6 Å². The summed E-state index contributed by atoms with van der Waals surface area (Å²) >= 11 is 0. The first-order valence-electron chi connectivity index (χ1n) is 7.91. The summed E-state index contributed by atoms with van der Waals surface area (Å²) < 4.78 is 74.3. The molecule has 0 aromatic carbocycles. The van der Waals surface area contributed by atoms with Crippen LogP contribution in [0.1, 0.15) is 5.56 Å². The van der Waals surface area contributed by atoms with Crippen molar-refractivity contribution >= 4 is 10.0 Å². The minimum absolute atomic E-state index is 0.0105. The molecule has 3 aromatic rings. The van der Waals surface area contributed by atoms with Crippen molar-refractivity contribution in [3.8, 4) is 17.0 Å². The zero-order valence-electron chi connectivity index (χ0n) is 14.8. The fourth-order valence-corrected chi connectivity index (χ4v) is 3.94. The van der Waals surface area contributed by atoms with Crippen molar-refractivity contribution in [2.24, 2.45) is 0 Å². The van der Waals surface area contributed by atoms with Crippen molar-refractivity contribution in [3.05, 3.63) is 59.9 Å². The van der Waals surface area contributed by atoms with E-state index in [2.05, 4.69) is 15.3 Å². The van der Waals surface area contributed by atoms with E-state index in [1.165, 1.54) is 12.1 Å². The molecule has 0 amide bonds. The van der Waals surface area contributed by atoms with Crippen molar-refractivity contribution in [2.75, 3.05) is 14.2 Å². The standard InChI is InChI=1S/C17H15F3N4O3S/c1-21-7-10-9-24(16(15(10)19)11-4-3-5-22-17(11)20)28(25,26)14-6-13(27-2)12(18)8-23-14/h3-6,8-9,21H,7H2,1-2H3. The van der Waals surface area contributed by atoms with Crippen molar-refractivity contribution in [1.82, 2.24) is 19.3 Å². The van der Waals surface area contributed by atoms with Crippen molar-refractivity contribution < 1.29 is 26.3 Å². The molecule has 3 rings (SSSR count). The predicted octanol–water partition coefficient (Wildman–Crippen LogP) is 2.33. The van der Waals surface area contributed by atoms with Crippen LogP contribution in [0.25, 0.3) is 11.3 Å². The monoisotopic (exact) mass is 412 g/mol. The molecule has 0 saturated heterocycles. The number of pyridine rings is 2. The van der Waals surface area contributed by atoms with E-state index in [1.54, 1.807) is 7.05 Å². The van der Waals surface area contributed by atoms with Crippen LogP contribution in [-0.4, -0.2) is 36.5 Å². The molecule has 0 aliphatic carbocycles. The highest BCUT2D eigenvalue weighted by Gasteiger charge is 2.29. The largest absolute Gasteiger partial charge is 0.494 e. The molecule has 0 unspecified atom stereocenters. The highest BCUT2D eigenvalue weighted by molar-refractivity contribution is 7.90. The first-order valence-corrected chi connectivity index (χ1v) is 9.35. The second-order valence-electron chi connectivity index (χ2n) is 5.65. The Morgan fingerprint density at radius 2 is 2.00 bits per heavy atom. The van der Waals surface area contributed by atoms with Gasteiger partial charge in [0, 0.05) is 30.6 Å². The Hall–Kier alpha value is -2.92. The Labute approximate surface area is 158 Å². The highest BCUT2D eigenvalue weighted by atomic mass is 32.2. The average molecular weight is 412 g/mol. The van der Waals surface area contributed by atoms with Crippen LogP contribution >= 0.6 is 0 Å². The van der Waals surface area contributed by atoms with Gasteiger partial charge in [0.25, 0.3) is 10.0 Å². The molecule has 3 heterocycles. The third kappa shape index (κ3) is 3.34. The molecule has 0 bridgehead atoms. The van der Waals surface area contributed by atoms with Gasteiger partial charge in [-0.05, 0) is 19.2 Å². The summed E-state index contributed by atoms with van der Waals surface area (Å²) in [5, 5.41) is 2.11. The lowest BCUT2D eigenvalue weighted by Gasteiger charge is -2.11. The average Bonchev–Trinajstić information content (AvgIpc) is 3.00. The molecule has 1 N–H and O–H groups in total. The molecule has 0 fully saturated rings. The fraction of sp³-hybridized carbons (Fsp3) is 0.176. The van der Waals surface area contributed by atoms with Crippen LogP contribution in [0.15, 0.2) is 41.8 Å². The summed E-state index contributed by atoms with van der Waals surface area (Å²) in [5.74, 6) is -3.20. The normalized spacial score (nSPS) is 11.6. The molecule has 0 aliphatic rings. The van der Waals surface area contributed by atoms with Gasteiger partial charge in [-0.2, -0.15) is 12.8 Å². The van der Waals surface area contributed by atoms with E-state index < -0.39 is 38.3 Å². The maximum absolute atomic E-state index is 15.0. The third-order valence-electron chi connectivity index (χ3n) is 3.90. The van der Waals surface area contributed by atoms with Gasteiger partial charge in [-0.3, -0.25) is 0 Å². The first kappa shape index (κ1) is 19.8. The lowest BCUT2D eigenvalue weighted by molar-refractivity contribution is 0.382. The Bertz CT molecular complexity index is 1130. The summed E-state index contributed by atoms with van der Waals surface area (Å²) in [4.78, 5) is 7.01. The smallest absolute Gasteiger partial charge is 0.285 e. The van der Waals surface area contributed by atoms with E-state index >= 15 is 0 Å². The van der Waals surface area contributed by atoms with E-state index in [4.69, 9.17) is 4.74 Å².